The zero-order valence-electron chi connectivity index (χ0n) is 22.1. The number of hydrogen-bond donors (Lipinski definition) is 3. The van der Waals surface area contributed by atoms with Crippen molar-refractivity contribution < 1.29 is 29.6 Å². The number of Topliss-reactive ketones (excluding diaryl/α,β-unsaturated/α-hetero) is 1. The summed E-state index contributed by atoms with van der Waals surface area (Å²) in [5, 5.41) is 32.7. The lowest BCUT2D eigenvalue weighted by Gasteiger charge is -2.41. The molecule has 0 amide bonds. The van der Waals surface area contributed by atoms with Crippen molar-refractivity contribution in [3.63, 3.8) is 0 Å². The molecule has 208 valence electrons. The van der Waals surface area contributed by atoms with Crippen LogP contribution in [0.5, 0.6) is 5.75 Å². The predicted octanol–water partition coefficient (Wildman–Crippen LogP) is 5.17. The van der Waals surface area contributed by atoms with Crippen LogP contribution in [-0.4, -0.2) is 57.9 Å². The Morgan fingerprint density at radius 3 is 2.28 bits per heavy atom. The van der Waals surface area contributed by atoms with E-state index in [1.807, 2.05) is 68.4 Å². The molecule has 0 aliphatic carbocycles. The minimum absolute atomic E-state index is 0.192. The summed E-state index contributed by atoms with van der Waals surface area (Å²) < 4.78 is 11.7. The molecule has 0 saturated carbocycles. The van der Waals surface area contributed by atoms with Gasteiger partial charge in [0.2, 0.25) is 0 Å². The molecule has 1 aliphatic rings. The molecule has 3 aromatic rings. The Morgan fingerprint density at radius 2 is 1.62 bits per heavy atom. The van der Waals surface area contributed by atoms with E-state index in [1.54, 1.807) is 12.1 Å². The summed E-state index contributed by atoms with van der Waals surface area (Å²) in [5.41, 5.74) is 3.56. The average Bonchev–Trinajstić information content (AvgIpc) is 2.94. The zero-order chi connectivity index (χ0) is 27.9. The van der Waals surface area contributed by atoms with E-state index in [0.717, 1.165) is 27.3 Å². The van der Waals surface area contributed by atoms with Gasteiger partial charge in [0.1, 0.15) is 35.9 Å². The number of halogens is 1. The molecule has 0 unspecified atom stereocenters. The SMILES string of the molecule is CCOc1ccc(Cc2cc([C@@H]3O[C@H](CSc4ccc(CC(=O)CC)cc4)[C@@H](O)[C@H](O)[C@H]3O)ccc2Cl)cc1. The van der Waals surface area contributed by atoms with Gasteiger partial charge in [-0.05, 0) is 65.9 Å². The Labute approximate surface area is 238 Å². The summed E-state index contributed by atoms with van der Waals surface area (Å²) in [6.45, 7) is 4.40. The minimum atomic E-state index is -1.36. The second kappa shape index (κ2) is 13.8. The molecule has 3 N–H and O–H groups in total. The van der Waals surface area contributed by atoms with Crippen LogP contribution in [0, 0.1) is 0 Å². The highest BCUT2D eigenvalue weighted by atomic mass is 35.5. The normalized spacial score (nSPS) is 23.0. The van der Waals surface area contributed by atoms with Crippen molar-refractivity contribution >= 4 is 29.1 Å². The molecule has 5 atom stereocenters. The molecule has 0 spiro atoms. The summed E-state index contributed by atoms with van der Waals surface area (Å²) in [4.78, 5) is 12.7. The molecule has 0 aromatic heterocycles. The van der Waals surface area contributed by atoms with Crippen LogP contribution in [0.25, 0.3) is 0 Å². The van der Waals surface area contributed by atoms with Gasteiger partial charge in [-0.25, -0.2) is 0 Å². The number of aliphatic hydroxyl groups excluding tert-OH is 3. The Morgan fingerprint density at radius 1 is 0.923 bits per heavy atom. The van der Waals surface area contributed by atoms with Crippen molar-refractivity contribution in [3.8, 4) is 5.75 Å². The number of hydrogen-bond acceptors (Lipinski definition) is 7. The van der Waals surface area contributed by atoms with Crippen molar-refractivity contribution in [2.45, 2.75) is 68.5 Å². The van der Waals surface area contributed by atoms with Crippen LogP contribution in [0.15, 0.2) is 71.6 Å². The number of ketones is 1. The van der Waals surface area contributed by atoms with E-state index in [-0.39, 0.29) is 5.78 Å². The van der Waals surface area contributed by atoms with Crippen molar-refractivity contribution in [3.05, 3.63) is 94.0 Å². The van der Waals surface area contributed by atoms with Crippen LogP contribution in [0.3, 0.4) is 0 Å². The largest absolute Gasteiger partial charge is 0.494 e. The molecule has 0 radical (unpaired) electrons. The lowest BCUT2D eigenvalue weighted by Crippen LogP contribution is -2.54. The molecule has 6 nitrogen and oxygen atoms in total. The molecule has 8 heteroatoms. The van der Waals surface area contributed by atoms with Gasteiger partial charge in [0.05, 0.1) is 12.7 Å². The van der Waals surface area contributed by atoms with E-state index >= 15 is 0 Å². The molecule has 1 saturated heterocycles. The van der Waals surface area contributed by atoms with Gasteiger partial charge >= 0.3 is 0 Å². The highest BCUT2D eigenvalue weighted by Gasteiger charge is 2.44. The molecule has 4 rings (SSSR count). The number of ether oxygens (including phenoxy) is 2. The maximum absolute atomic E-state index is 11.7. The van der Waals surface area contributed by atoms with Crippen molar-refractivity contribution in [1.82, 2.24) is 0 Å². The third-order valence-corrected chi connectivity index (χ3v) is 8.34. The molecule has 1 aliphatic heterocycles. The van der Waals surface area contributed by atoms with E-state index in [9.17, 15) is 20.1 Å². The van der Waals surface area contributed by atoms with Crippen LogP contribution in [0.1, 0.15) is 48.6 Å². The van der Waals surface area contributed by atoms with Crippen molar-refractivity contribution in [1.29, 1.82) is 0 Å². The second-order valence-corrected chi connectivity index (χ2v) is 11.2. The topological polar surface area (TPSA) is 96.2 Å². The maximum atomic E-state index is 11.7. The van der Waals surface area contributed by atoms with Crippen molar-refractivity contribution in [2.24, 2.45) is 0 Å². The molecule has 39 heavy (non-hydrogen) atoms. The van der Waals surface area contributed by atoms with Gasteiger partial charge in [0.15, 0.2) is 0 Å². The number of benzene rings is 3. The summed E-state index contributed by atoms with van der Waals surface area (Å²) in [6.07, 6.45) is -3.91. The van der Waals surface area contributed by atoms with E-state index < -0.39 is 30.5 Å². The standard InChI is InChI=1S/C31H35ClO6S/c1-3-23(33)16-20-7-12-25(13-8-20)39-18-27-28(34)29(35)30(36)31(38-27)21-9-14-26(32)22(17-21)15-19-5-10-24(11-6-19)37-4-2/h5-14,17,27-31,34-36H,3-4,15-16,18H2,1-2H3/t27-,28-,29+,30-,31+/m1/s1. The second-order valence-electron chi connectivity index (χ2n) is 9.70. The lowest BCUT2D eigenvalue weighted by atomic mass is 9.90. The molecular weight excluding hydrogens is 536 g/mol. The first-order chi connectivity index (χ1) is 18.8. The van der Waals surface area contributed by atoms with E-state index in [4.69, 9.17) is 21.1 Å². The van der Waals surface area contributed by atoms with Gasteiger partial charge in [-0.1, -0.05) is 54.9 Å². The number of carbonyl (C=O) groups is 1. The number of aliphatic hydroxyl groups is 3. The zero-order valence-corrected chi connectivity index (χ0v) is 23.7. The molecular formula is C31H35ClO6S. The van der Waals surface area contributed by atoms with E-state index in [1.165, 1.54) is 11.8 Å². The Bertz CT molecular complexity index is 1230. The van der Waals surface area contributed by atoms with Crippen LogP contribution in [0.4, 0.5) is 0 Å². The quantitative estimate of drug-likeness (QED) is 0.274. The van der Waals surface area contributed by atoms with Gasteiger partial charge in [-0.3, -0.25) is 4.79 Å². The summed E-state index contributed by atoms with van der Waals surface area (Å²) >= 11 is 7.99. The van der Waals surface area contributed by atoms with E-state index in [0.29, 0.717) is 42.2 Å². The fraction of sp³-hybridized carbons (Fsp3) is 0.387. The predicted molar refractivity (Wildman–Crippen MR) is 154 cm³/mol. The van der Waals surface area contributed by atoms with Gasteiger partial charge < -0.3 is 24.8 Å². The average molecular weight is 571 g/mol. The Kier molecular flexibility index (Phi) is 10.5. The van der Waals surface area contributed by atoms with Gasteiger partial charge in [-0.2, -0.15) is 0 Å². The molecule has 0 bridgehead atoms. The van der Waals surface area contributed by atoms with Gasteiger partial charge in [-0.15, -0.1) is 11.8 Å². The fourth-order valence-corrected chi connectivity index (χ4v) is 5.74. The summed E-state index contributed by atoms with van der Waals surface area (Å²) in [5.74, 6) is 1.37. The molecule has 3 aromatic carbocycles. The third kappa shape index (κ3) is 7.63. The van der Waals surface area contributed by atoms with Crippen LogP contribution < -0.4 is 4.74 Å². The smallest absolute Gasteiger partial charge is 0.136 e. The minimum Gasteiger partial charge on any atom is -0.494 e. The monoisotopic (exact) mass is 570 g/mol. The number of carbonyl (C=O) groups excluding carboxylic acids is 1. The lowest BCUT2D eigenvalue weighted by molar-refractivity contribution is -0.218. The van der Waals surface area contributed by atoms with Crippen molar-refractivity contribution in [2.75, 3.05) is 12.4 Å². The first kappa shape index (κ1) is 29.6. The Hall–Kier alpha value is -2.39. The van der Waals surface area contributed by atoms with Gasteiger partial charge in [0, 0.05) is 28.5 Å². The van der Waals surface area contributed by atoms with Crippen LogP contribution in [0.2, 0.25) is 5.02 Å². The maximum Gasteiger partial charge on any atom is 0.136 e. The number of thioether (sulfide) groups is 1. The third-order valence-electron chi connectivity index (χ3n) is 6.87. The van der Waals surface area contributed by atoms with Crippen LogP contribution >= 0.6 is 23.4 Å². The first-order valence-electron chi connectivity index (χ1n) is 13.2. The highest BCUT2D eigenvalue weighted by Crippen LogP contribution is 2.36. The first-order valence-corrected chi connectivity index (χ1v) is 14.6. The summed E-state index contributed by atoms with van der Waals surface area (Å²) in [6, 6.07) is 21.0. The van der Waals surface area contributed by atoms with E-state index in [2.05, 4.69) is 0 Å². The summed E-state index contributed by atoms with van der Waals surface area (Å²) in [7, 11) is 0. The molecule has 1 heterocycles. The highest BCUT2D eigenvalue weighted by molar-refractivity contribution is 7.99. The number of rotatable bonds is 11. The van der Waals surface area contributed by atoms with Gasteiger partial charge in [0.25, 0.3) is 0 Å². The Balaban J connectivity index is 1.45. The fourth-order valence-electron chi connectivity index (χ4n) is 4.60. The van der Waals surface area contributed by atoms with Crippen LogP contribution in [-0.2, 0) is 22.4 Å². The molecule has 1 fully saturated rings.